The second-order valence-electron chi connectivity index (χ2n) is 17.0. The van der Waals surface area contributed by atoms with E-state index in [1.165, 1.54) is 0 Å². The maximum absolute atomic E-state index is 14.4. The number of benzene rings is 2. The summed E-state index contributed by atoms with van der Waals surface area (Å²) in [4.78, 5) is 54.8. The third kappa shape index (κ3) is 6.75. The van der Waals surface area contributed by atoms with Gasteiger partial charge in [0.25, 0.3) is 17.7 Å². The van der Waals surface area contributed by atoms with Gasteiger partial charge in [-0.15, -0.1) is 0 Å². The standard InChI is InChI=1S/C43H48F2N8O4/c1-42-20-34-32(18-29(42)19-43(42,44)45)37(50-49-34)40(56)47-30-21-46-53(24-30)38(27-11-6-4-7-12-27)28-22-51(23-28)17-8-3-2-5-10-26-13-9-14-31-33(26)25-52(41(31)57)35-15-16-36(54)48-39(35)55/h4,6-7,9,11-14,21,24,28-29,35,38H,2-3,5,8,10,15-20,22-23,25H2,1H3,(H,47,56)(H,49,50)(H,48,54,55)/t29?,35?,38-,42+/m1/s1. The number of unbranched alkanes of at least 4 members (excludes halogenated alkanes) is 3. The number of nitrogens with one attached hydrogen (secondary N) is 3. The molecule has 2 unspecified atom stereocenters. The number of likely N-dealkylation sites (tertiary alicyclic amines) is 1. The molecule has 3 aliphatic heterocycles. The van der Waals surface area contributed by atoms with E-state index in [0.717, 1.165) is 74.0 Å². The first kappa shape index (κ1) is 37.3. The lowest BCUT2D eigenvalue weighted by Crippen LogP contribution is -2.60. The zero-order valence-electron chi connectivity index (χ0n) is 32.1. The summed E-state index contributed by atoms with van der Waals surface area (Å²) >= 11 is 0. The lowest BCUT2D eigenvalue weighted by molar-refractivity contribution is -0.238. The fourth-order valence-electron chi connectivity index (χ4n) is 9.99. The Morgan fingerprint density at radius 1 is 1.02 bits per heavy atom. The quantitative estimate of drug-likeness (QED) is 0.117. The molecule has 2 aromatic carbocycles. The highest BCUT2D eigenvalue weighted by atomic mass is 19.3. The van der Waals surface area contributed by atoms with Crippen LogP contribution in [-0.2, 0) is 35.4 Å². The van der Waals surface area contributed by atoms with E-state index >= 15 is 0 Å². The molecule has 14 heteroatoms. The predicted molar refractivity (Wildman–Crippen MR) is 207 cm³/mol. The highest BCUT2D eigenvalue weighted by Crippen LogP contribution is 2.62. The van der Waals surface area contributed by atoms with Gasteiger partial charge in [-0.1, -0.05) is 62.2 Å². The van der Waals surface area contributed by atoms with Crippen LogP contribution in [0.1, 0.15) is 107 Å². The van der Waals surface area contributed by atoms with Crippen molar-refractivity contribution < 1.29 is 28.0 Å². The van der Waals surface area contributed by atoms with Crippen LogP contribution in [0.5, 0.6) is 0 Å². The average Bonchev–Trinajstić information content (AvgIpc) is 3.89. The largest absolute Gasteiger partial charge is 0.322 e. The molecule has 1 saturated carbocycles. The van der Waals surface area contributed by atoms with Crippen LogP contribution in [-0.4, -0.2) is 85.0 Å². The van der Waals surface area contributed by atoms with Crippen LogP contribution in [0, 0.1) is 17.3 Å². The number of hydrogen-bond acceptors (Lipinski definition) is 7. The lowest BCUT2D eigenvalue weighted by Gasteiger charge is -2.55. The third-order valence-corrected chi connectivity index (χ3v) is 13.5. The van der Waals surface area contributed by atoms with Gasteiger partial charge in [-0.25, -0.2) is 8.78 Å². The Bertz CT molecular complexity index is 2210. The maximum atomic E-state index is 14.4. The van der Waals surface area contributed by atoms with Crippen LogP contribution in [0.15, 0.2) is 60.9 Å². The molecule has 2 aliphatic carbocycles. The Morgan fingerprint density at radius 2 is 1.82 bits per heavy atom. The molecule has 0 radical (unpaired) electrons. The van der Waals surface area contributed by atoms with E-state index in [9.17, 15) is 28.0 Å². The average molecular weight is 779 g/mol. The molecule has 0 bridgehead atoms. The van der Waals surface area contributed by atoms with E-state index in [4.69, 9.17) is 5.10 Å². The first-order chi connectivity index (χ1) is 27.5. The number of carbonyl (C=O) groups excluding carboxylic acids is 4. The molecular formula is C43H48F2N8O4. The summed E-state index contributed by atoms with van der Waals surface area (Å²) in [5, 5.41) is 17.2. The van der Waals surface area contributed by atoms with Crippen molar-refractivity contribution in [3.8, 4) is 0 Å². The molecule has 3 N–H and O–H groups in total. The molecule has 12 nitrogen and oxygen atoms in total. The Labute approximate surface area is 329 Å². The SMILES string of the molecule is C[C@]12Cc3[nH]nc(C(=O)Nc4cnn([C@H](c5ccccc5)C5CN(CCCCCCc6cccc7c6CN(C6CCC(=O)NC6=O)C7=O)C5)c4)c3CC1CC2(F)F. The number of piperidine rings is 1. The molecular weight excluding hydrogens is 731 g/mol. The summed E-state index contributed by atoms with van der Waals surface area (Å²) in [6.45, 7) is 4.93. The number of imide groups is 1. The van der Waals surface area contributed by atoms with Crippen molar-refractivity contribution in [1.82, 2.24) is 35.1 Å². The van der Waals surface area contributed by atoms with Crippen molar-refractivity contribution in [2.24, 2.45) is 17.3 Å². The molecule has 2 aromatic heterocycles. The van der Waals surface area contributed by atoms with Crippen LogP contribution in [0.2, 0.25) is 0 Å². The molecule has 0 spiro atoms. The van der Waals surface area contributed by atoms with Crippen LogP contribution in [0.4, 0.5) is 14.5 Å². The number of aryl methyl sites for hydroxylation is 1. The van der Waals surface area contributed by atoms with Crippen LogP contribution in [0.3, 0.4) is 0 Å². The summed E-state index contributed by atoms with van der Waals surface area (Å²) < 4.78 is 30.7. The zero-order chi connectivity index (χ0) is 39.5. The number of aromatic nitrogens is 4. The predicted octanol–water partition coefficient (Wildman–Crippen LogP) is 5.70. The number of hydrogen-bond donors (Lipinski definition) is 3. The van der Waals surface area contributed by atoms with Gasteiger partial charge in [-0.3, -0.25) is 34.3 Å². The number of fused-ring (bicyclic) bond motifs is 3. The monoisotopic (exact) mass is 778 g/mol. The third-order valence-electron chi connectivity index (χ3n) is 13.5. The van der Waals surface area contributed by atoms with E-state index in [-0.39, 0.29) is 60.5 Å². The number of aromatic amines is 1. The van der Waals surface area contributed by atoms with E-state index in [2.05, 4.69) is 43.9 Å². The first-order valence-electron chi connectivity index (χ1n) is 20.3. The maximum Gasteiger partial charge on any atom is 0.276 e. The Kier molecular flexibility index (Phi) is 9.57. The van der Waals surface area contributed by atoms with Gasteiger partial charge in [0.15, 0.2) is 5.69 Å². The van der Waals surface area contributed by atoms with Gasteiger partial charge in [-0.2, -0.15) is 10.2 Å². The van der Waals surface area contributed by atoms with E-state index < -0.39 is 17.4 Å². The van der Waals surface area contributed by atoms with E-state index in [0.29, 0.717) is 42.2 Å². The molecule has 298 valence electrons. The highest BCUT2D eigenvalue weighted by Gasteiger charge is 2.66. The first-order valence-corrected chi connectivity index (χ1v) is 20.3. The van der Waals surface area contributed by atoms with Gasteiger partial charge in [0.05, 0.1) is 17.9 Å². The summed E-state index contributed by atoms with van der Waals surface area (Å²) in [5.74, 6) is -3.70. The van der Waals surface area contributed by atoms with Crippen molar-refractivity contribution in [2.75, 3.05) is 25.0 Å². The lowest BCUT2D eigenvalue weighted by atomic mass is 9.52. The van der Waals surface area contributed by atoms with Gasteiger partial charge in [0, 0.05) is 73.2 Å². The minimum atomic E-state index is -2.70. The molecule has 5 heterocycles. The molecule has 2 saturated heterocycles. The number of amides is 4. The second kappa shape index (κ2) is 14.6. The number of carbonyl (C=O) groups is 4. The number of alkyl halides is 2. The Hall–Kier alpha value is -5.24. The van der Waals surface area contributed by atoms with Crippen LogP contribution < -0.4 is 10.6 Å². The number of rotatable bonds is 13. The second-order valence-corrected chi connectivity index (χ2v) is 17.0. The van der Waals surface area contributed by atoms with Crippen molar-refractivity contribution in [1.29, 1.82) is 0 Å². The van der Waals surface area contributed by atoms with Crippen molar-refractivity contribution >= 4 is 29.3 Å². The molecule has 4 aromatic rings. The topological polar surface area (TPSA) is 145 Å². The summed E-state index contributed by atoms with van der Waals surface area (Å²) in [5.41, 5.74) is 5.09. The summed E-state index contributed by atoms with van der Waals surface area (Å²) in [6.07, 6.45) is 9.75. The van der Waals surface area contributed by atoms with Gasteiger partial charge in [0.2, 0.25) is 11.8 Å². The van der Waals surface area contributed by atoms with Crippen molar-refractivity contribution in [2.45, 2.75) is 95.7 Å². The van der Waals surface area contributed by atoms with Crippen LogP contribution >= 0.6 is 0 Å². The highest BCUT2D eigenvalue weighted by molar-refractivity contribution is 6.05. The number of H-pyrrole nitrogens is 1. The summed E-state index contributed by atoms with van der Waals surface area (Å²) in [6, 6.07) is 15.5. The zero-order valence-corrected chi connectivity index (χ0v) is 32.1. The minimum Gasteiger partial charge on any atom is -0.322 e. The smallest absolute Gasteiger partial charge is 0.276 e. The number of halogens is 2. The normalized spacial score (nSPS) is 24.5. The Morgan fingerprint density at radius 3 is 2.61 bits per heavy atom. The molecule has 4 amide bonds. The fourth-order valence-corrected chi connectivity index (χ4v) is 9.99. The van der Waals surface area contributed by atoms with E-state index in [1.54, 1.807) is 18.0 Å². The van der Waals surface area contributed by atoms with Gasteiger partial charge < -0.3 is 15.1 Å². The summed E-state index contributed by atoms with van der Waals surface area (Å²) in [7, 11) is 0. The van der Waals surface area contributed by atoms with Crippen LogP contribution in [0.25, 0.3) is 0 Å². The van der Waals surface area contributed by atoms with E-state index in [1.807, 2.05) is 41.2 Å². The number of nitrogens with zero attached hydrogens (tertiary/aromatic N) is 5. The van der Waals surface area contributed by atoms with Crippen molar-refractivity contribution in [3.05, 3.63) is 100 Å². The molecule has 9 rings (SSSR count). The van der Waals surface area contributed by atoms with Gasteiger partial charge in [-0.05, 0) is 67.3 Å². The number of anilines is 1. The minimum absolute atomic E-state index is 0.00500. The molecule has 57 heavy (non-hydrogen) atoms. The Balaban J connectivity index is 0.754. The fraction of sp³-hybridized carbons (Fsp3) is 0.488. The molecule has 5 aliphatic rings. The van der Waals surface area contributed by atoms with Crippen molar-refractivity contribution in [3.63, 3.8) is 0 Å². The molecule has 3 fully saturated rings. The van der Waals surface area contributed by atoms with Gasteiger partial charge >= 0.3 is 0 Å². The molecule has 4 atom stereocenters. The van der Waals surface area contributed by atoms with Gasteiger partial charge in [0.1, 0.15) is 6.04 Å².